The highest BCUT2D eigenvalue weighted by Crippen LogP contribution is 2.51. The second kappa shape index (κ2) is 8.14. The van der Waals surface area contributed by atoms with Crippen LogP contribution in [0.2, 0.25) is 5.02 Å². The van der Waals surface area contributed by atoms with Gasteiger partial charge in [-0.15, -0.1) is 0 Å². The monoisotopic (exact) mass is 476 g/mol. The molecule has 32 heavy (non-hydrogen) atoms. The van der Waals surface area contributed by atoms with E-state index in [1.165, 1.54) is 30.3 Å². The highest BCUT2D eigenvalue weighted by atomic mass is 35.5. The van der Waals surface area contributed by atoms with Crippen molar-refractivity contribution in [3.63, 3.8) is 0 Å². The number of amides is 1. The predicted molar refractivity (Wildman–Crippen MR) is 119 cm³/mol. The fraction of sp³-hybridized carbons (Fsp3) is 0.391. The summed E-state index contributed by atoms with van der Waals surface area (Å²) < 4.78 is 40.4. The Bertz CT molecular complexity index is 1220. The van der Waals surface area contributed by atoms with Crippen molar-refractivity contribution in [2.24, 2.45) is 11.8 Å². The van der Waals surface area contributed by atoms with Crippen molar-refractivity contribution < 1.29 is 22.7 Å². The van der Waals surface area contributed by atoms with Crippen LogP contribution in [-0.4, -0.2) is 30.3 Å². The average molecular weight is 477 g/mol. The number of hydrogen-bond acceptors (Lipinski definition) is 4. The third-order valence-corrected chi connectivity index (χ3v) is 9.53. The van der Waals surface area contributed by atoms with Crippen molar-refractivity contribution in [2.45, 2.75) is 48.4 Å². The number of rotatable bonds is 4. The number of halogens is 2. The molecule has 0 heterocycles. The Balaban J connectivity index is 1.60. The lowest BCUT2D eigenvalue weighted by Crippen LogP contribution is -2.45. The Labute approximate surface area is 191 Å². The lowest BCUT2D eigenvalue weighted by molar-refractivity contribution is -0.0413. The van der Waals surface area contributed by atoms with E-state index in [-0.39, 0.29) is 38.7 Å². The van der Waals surface area contributed by atoms with Gasteiger partial charge < -0.3 is 10.4 Å². The van der Waals surface area contributed by atoms with Crippen LogP contribution in [0, 0.1) is 24.2 Å². The summed E-state index contributed by atoms with van der Waals surface area (Å²) in [6.07, 6.45) is 2.30. The van der Waals surface area contributed by atoms with Crippen molar-refractivity contribution in [3.8, 4) is 0 Å². The van der Waals surface area contributed by atoms with Crippen molar-refractivity contribution in [1.82, 2.24) is 0 Å². The zero-order valence-electron chi connectivity index (χ0n) is 17.3. The Morgan fingerprint density at radius 1 is 1.22 bits per heavy atom. The number of carbonyl (C=O) groups is 1. The summed E-state index contributed by atoms with van der Waals surface area (Å²) in [6, 6.07) is 7.63. The Morgan fingerprint density at radius 3 is 2.50 bits per heavy atom. The summed E-state index contributed by atoms with van der Waals surface area (Å²) >= 11 is 6.23. The summed E-state index contributed by atoms with van der Waals surface area (Å²) in [7, 11) is -3.83. The maximum atomic E-state index is 13.5. The quantitative estimate of drug-likeness (QED) is 0.608. The summed E-state index contributed by atoms with van der Waals surface area (Å²) in [6.45, 7) is 8.76. The van der Waals surface area contributed by atoms with E-state index >= 15 is 0 Å². The average Bonchev–Trinajstić information content (AvgIpc) is 2.92. The van der Waals surface area contributed by atoms with Gasteiger partial charge in [0.1, 0.15) is 5.82 Å². The molecule has 2 N–H and O–H groups in total. The van der Waals surface area contributed by atoms with E-state index < -0.39 is 32.4 Å². The molecule has 0 spiro atoms. The van der Waals surface area contributed by atoms with Gasteiger partial charge in [-0.1, -0.05) is 11.6 Å². The van der Waals surface area contributed by atoms with Gasteiger partial charge in [-0.2, -0.15) is 0 Å². The van der Waals surface area contributed by atoms with Gasteiger partial charge in [0, 0.05) is 11.3 Å². The lowest BCUT2D eigenvalue weighted by Gasteiger charge is -2.40. The molecule has 0 radical (unpaired) electrons. The molecule has 6 nitrogen and oxygen atoms in total. The normalized spacial score (nSPS) is 27.0. The zero-order valence-corrected chi connectivity index (χ0v) is 18.9. The van der Waals surface area contributed by atoms with Gasteiger partial charge in [0.2, 0.25) is 5.69 Å². The van der Waals surface area contributed by atoms with E-state index in [1.807, 2.05) is 0 Å². The standard InChI is InChI=1S/C23H22ClFN2O4S/c1-23(29)14-4-5-15(23)11-17(10-14)32(30,31)21-9-13(3-7-18(21)24)22(28)27-16-6-8-19(25)20(12-16)26-2/h3,6-9,12,14-15,17,29H,4-5,10-11H2,1H3,(H,27,28)/t14-,15?,17?,23?/m0/s1. The lowest BCUT2D eigenvalue weighted by atomic mass is 9.76. The highest BCUT2D eigenvalue weighted by molar-refractivity contribution is 7.92. The van der Waals surface area contributed by atoms with E-state index in [4.69, 9.17) is 18.2 Å². The van der Waals surface area contributed by atoms with Crippen LogP contribution in [0.25, 0.3) is 4.85 Å². The molecule has 2 aromatic rings. The Kier molecular flexibility index (Phi) is 5.78. The Morgan fingerprint density at radius 2 is 1.88 bits per heavy atom. The number of fused-ring (bicyclic) bond motifs is 2. The van der Waals surface area contributed by atoms with E-state index in [2.05, 4.69) is 10.2 Å². The van der Waals surface area contributed by atoms with Crippen LogP contribution in [0.5, 0.6) is 0 Å². The molecule has 0 aliphatic heterocycles. The van der Waals surface area contributed by atoms with Gasteiger partial charge in [0.05, 0.1) is 27.3 Å². The molecule has 168 valence electrons. The number of hydrogen-bond donors (Lipinski definition) is 2. The van der Waals surface area contributed by atoms with Crippen LogP contribution in [0.3, 0.4) is 0 Å². The number of nitrogens with one attached hydrogen (secondary N) is 1. The molecule has 2 saturated carbocycles. The third-order valence-electron chi connectivity index (χ3n) is 6.87. The number of carbonyl (C=O) groups excluding carboxylic acids is 1. The number of sulfone groups is 1. The predicted octanol–water partition coefficient (Wildman–Crippen LogP) is 5.00. The molecule has 0 saturated heterocycles. The Hall–Kier alpha value is -2.47. The van der Waals surface area contributed by atoms with Gasteiger partial charge in [-0.25, -0.2) is 17.7 Å². The molecule has 0 aromatic heterocycles. The largest absolute Gasteiger partial charge is 0.390 e. The summed E-state index contributed by atoms with van der Waals surface area (Å²) in [5.74, 6) is -1.46. The molecule has 1 amide bonds. The third kappa shape index (κ3) is 3.90. The first-order chi connectivity index (χ1) is 15.0. The number of nitrogens with zero attached hydrogens (tertiary/aromatic N) is 1. The van der Waals surface area contributed by atoms with Crippen LogP contribution in [-0.2, 0) is 9.84 Å². The molecule has 2 bridgehead atoms. The zero-order chi connectivity index (χ0) is 23.3. The molecule has 2 fully saturated rings. The molecular weight excluding hydrogens is 455 g/mol. The first-order valence-corrected chi connectivity index (χ1v) is 12.2. The SMILES string of the molecule is [C-]#[N+]c1cc(NC(=O)c2ccc(Cl)c(S(=O)(=O)C3CC4CC[C@@H](C3)C4(C)O)c2)ccc1F. The number of aliphatic hydroxyl groups is 1. The minimum absolute atomic E-state index is 0.0308. The second-order valence-corrected chi connectivity index (χ2v) is 11.3. The van der Waals surface area contributed by atoms with Crippen LogP contribution in [0.4, 0.5) is 15.8 Å². The first kappa shape index (κ1) is 22.7. The molecule has 4 atom stereocenters. The highest BCUT2D eigenvalue weighted by Gasteiger charge is 2.53. The molecule has 2 aromatic carbocycles. The van der Waals surface area contributed by atoms with E-state index in [1.54, 1.807) is 6.92 Å². The molecule has 4 rings (SSSR count). The molecular formula is C23H22ClFN2O4S. The smallest absolute Gasteiger partial charge is 0.255 e. The van der Waals surface area contributed by atoms with Gasteiger partial charge in [0.15, 0.2) is 9.84 Å². The number of benzene rings is 2. The van der Waals surface area contributed by atoms with Crippen molar-refractivity contribution in [3.05, 3.63) is 64.2 Å². The minimum atomic E-state index is -3.83. The van der Waals surface area contributed by atoms with Crippen molar-refractivity contribution in [1.29, 1.82) is 0 Å². The molecule has 2 aliphatic carbocycles. The maximum absolute atomic E-state index is 13.5. The summed E-state index contributed by atoms with van der Waals surface area (Å²) in [5.41, 5.74) is -0.790. The van der Waals surface area contributed by atoms with Crippen molar-refractivity contribution in [2.75, 3.05) is 5.32 Å². The van der Waals surface area contributed by atoms with E-state index in [0.717, 1.165) is 18.9 Å². The second-order valence-electron chi connectivity index (χ2n) is 8.71. The fourth-order valence-corrected chi connectivity index (χ4v) is 7.34. The van der Waals surface area contributed by atoms with Crippen molar-refractivity contribution >= 4 is 38.7 Å². The maximum Gasteiger partial charge on any atom is 0.255 e. The summed E-state index contributed by atoms with van der Waals surface area (Å²) in [4.78, 5) is 15.7. The van der Waals surface area contributed by atoms with Crippen LogP contribution in [0.1, 0.15) is 43.0 Å². The van der Waals surface area contributed by atoms with Gasteiger partial charge in [-0.05, 0) is 80.8 Å². The van der Waals surface area contributed by atoms with Gasteiger partial charge in [0.25, 0.3) is 5.91 Å². The molecule has 9 heteroatoms. The first-order valence-electron chi connectivity index (χ1n) is 10.3. The topological polar surface area (TPSA) is 87.8 Å². The van der Waals surface area contributed by atoms with Crippen LogP contribution >= 0.6 is 11.6 Å². The summed E-state index contributed by atoms with van der Waals surface area (Å²) in [5, 5.41) is 12.6. The van der Waals surface area contributed by atoms with Gasteiger partial charge >= 0.3 is 0 Å². The van der Waals surface area contributed by atoms with Crippen LogP contribution < -0.4 is 5.32 Å². The van der Waals surface area contributed by atoms with E-state index in [9.17, 15) is 22.7 Å². The fourth-order valence-electron chi connectivity index (χ4n) is 4.94. The van der Waals surface area contributed by atoms with E-state index in [0.29, 0.717) is 12.8 Å². The number of anilines is 1. The van der Waals surface area contributed by atoms with Gasteiger partial charge in [-0.3, -0.25) is 4.79 Å². The van der Waals surface area contributed by atoms with Crippen LogP contribution in [0.15, 0.2) is 41.3 Å². The molecule has 3 unspecified atom stereocenters. The molecule has 2 aliphatic rings. The minimum Gasteiger partial charge on any atom is -0.390 e.